The van der Waals surface area contributed by atoms with Gasteiger partial charge in [0, 0.05) is 28.8 Å². The molecule has 1 heterocycles. The second kappa shape index (κ2) is 13.0. The van der Waals surface area contributed by atoms with Gasteiger partial charge in [-0.3, -0.25) is 10.1 Å². The molecule has 0 amide bonds. The molecule has 0 saturated heterocycles. The van der Waals surface area contributed by atoms with Crippen LogP contribution in [0.3, 0.4) is 0 Å². The molecule has 1 unspecified atom stereocenters. The molecule has 5 rings (SSSR count). The van der Waals surface area contributed by atoms with Gasteiger partial charge < -0.3 is 24.7 Å². The van der Waals surface area contributed by atoms with E-state index in [2.05, 4.69) is 6.07 Å². The number of nitrogens with two attached hydrogens (primary N) is 1. The lowest BCUT2D eigenvalue weighted by molar-refractivity contribution is -0.384. The van der Waals surface area contributed by atoms with Gasteiger partial charge in [-0.2, -0.15) is 5.26 Å². The normalized spacial score (nSPS) is 13.7. The van der Waals surface area contributed by atoms with Gasteiger partial charge >= 0.3 is 5.97 Å². The quantitative estimate of drug-likeness (QED) is 0.0868. The molecule has 2 N–H and O–H groups in total. The van der Waals surface area contributed by atoms with Crippen LogP contribution >= 0.6 is 23.2 Å². The minimum atomic E-state index is -0.900. The smallest absolute Gasteiger partial charge is 0.345 e. The molecular formula is C32H23Cl2N3O7. The van der Waals surface area contributed by atoms with Crippen LogP contribution in [0.1, 0.15) is 39.9 Å². The minimum absolute atomic E-state index is 0.00796. The van der Waals surface area contributed by atoms with Crippen molar-refractivity contribution in [1.29, 1.82) is 5.26 Å². The third-order valence-corrected chi connectivity index (χ3v) is 7.27. The van der Waals surface area contributed by atoms with Gasteiger partial charge in [0.2, 0.25) is 5.88 Å². The molecule has 0 radical (unpaired) electrons. The third kappa shape index (κ3) is 6.39. The first-order valence-electron chi connectivity index (χ1n) is 13.2. The van der Waals surface area contributed by atoms with E-state index in [-0.39, 0.29) is 45.8 Å². The zero-order valence-electron chi connectivity index (χ0n) is 23.1. The summed E-state index contributed by atoms with van der Waals surface area (Å²) >= 11 is 12.1. The lowest BCUT2D eigenvalue weighted by Gasteiger charge is -2.27. The van der Waals surface area contributed by atoms with E-state index in [0.717, 1.165) is 11.6 Å². The second-order valence-corrected chi connectivity index (χ2v) is 10.3. The Bertz CT molecular complexity index is 1840. The molecule has 1 aliphatic heterocycles. The van der Waals surface area contributed by atoms with Gasteiger partial charge in [-0.1, -0.05) is 47.5 Å². The number of nitrogens with zero attached hydrogens (tertiary/aromatic N) is 2. The Morgan fingerprint density at radius 3 is 2.50 bits per heavy atom. The average Bonchev–Trinajstić information content (AvgIpc) is 3.00. The van der Waals surface area contributed by atoms with Gasteiger partial charge in [-0.15, -0.1) is 0 Å². The zero-order chi connectivity index (χ0) is 31.4. The van der Waals surface area contributed by atoms with Gasteiger partial charge in [-0.05, 0) is 54.4 Å². The van der Waals surface area contributed by atoms with Gasteiger partial charge in [0.15, 0.2) is 11.5 Å². The highest BCUT2D eigenvalue weighted by molar-refractivity contribution is 6.33. The monoisotopic (exact) mass is 631 g/mol. The van der Waals surface area contributed by atoms with Gasteiger partial charge in [0.25, 0.3) is 5.69 Å². The standard InChI is InChI=1S/C32H23Cl2N3O7/c1-2-41-29-13-19(5-12-27(29)42-17-18-3-6-20(33)7-4-18)30-23-10-9-22(15-28(23)44-31(36)25(30)16-35)43-32(38)24-14-21(37(39)40)8-11-26(24)34/h3-15,30H,2,17,36H2,1H3. The number of hydrogen-bond acceptors (Lipinski definition) is 9. The molecular weight excluding hydrogens is 609 g/mol. The molecule has 0 aliphatic carbocycles. The number of benzene rings is 4. The Labute approximate surface area is 261 Å². The highest BCUT2D eigenvalue weighted by atomic mass is 35.5. The van der Waals surface area contributed by atoms with Crippen LogP contribution in [0.15, 0.2) is 90.3 Å². The maximum Gasteiger partial charge on any atom is 0.345 e. The fourth-order valence-electron chi connectivity index (χ4n) is 4.62. The summed E-state index contributed by atoms with van der Waals surface area (Å²) in [5, 5.41) is 21.8. The third-order valence-electron chi connectivity index (χ3n) is 6.69. The maximum atomic E-state index is 12.8. The largest absolute Gasteiger partial charge is 0.490 e. The molecule has 1 atom stereocenters. The van der Waals surface area contributed by atoms with Crippen LogP contribution in [0, 0.1) is 21.4 Å². The number of hydrogen-bond donors (Lipinski definition) is 1. The predicted molar refractivity (Wildman–Crippen MR) is 162 cm³/mol. The van der Waals surface area contributed by atoms with Crippen molar-refractivity contribution in [1.82, 2.24) is 0 Å². The van der Waals surface area contributed by atoms with E-state index >= 15 is 0 Å². The number of rotatable bonds is 9. The van der Waals surface area contributed by atoms with Crippen LogP contribution in [0.2, 0.25) is 10.0 Å². The summed E-state index contributed by atoms with van der Waals surface area (Å²) in [6, 6.07) is 22.9. The summed E-state index contributed by atoms with van der Waals surface area (Å²) in [4.78, 5) is 23.3. The molecule has 44 heavy (non-hydrogen) atoms. The van der Waals surface area contributed by atoms with E-state index in [0.29, 0.717) is 34.3 Å². The number of fused-ring (bicyclic) bond motifs is 1. The highest BCUT2D eigenvalue weighted by Crippen LogP contribution is 2.45. The first-order chi connectivity index (χ1) is 21.2. The molecule has 4 aromatic rings. The molecule has 10 nitrogen and oxygen atoms in total. The summed E-state index contributed by atoms with van der Waals surface area (Å²) in [7, 11) is 0. The van der Waals surface area contributed by atoms with Crippen LogP contribution in [0.25, 0.3) is 0 Å². The second-order valence-electron chi connectivity index (χ2n) is 9.49. The number of carbonyl (C=O) groups is 1. The van der Waals surface area contributed by atoms with Crippen molar-refractivity contribution >= 4 is 34.9 Å². The fourth-order valence-corrected chi connectivity index (χ4v) is 4.94. The number of non-ortho nitro benzene ring substituents is 1. The number of esters is 1. The van der Waals surface area contributed by atoms with Gasteiger partial charge in [0.05, 0.1) is 28.0 Å². The highest BCUT2D eigenvalue weighted by Gasteiger charge is 2.32. The average molecular weight is 632 g/mol. The maximum absolute atomic E-state index is 12.8. The number of nitro groups is 1. The minimum Gasteiger partial charge on any atom is -0.490 e. The molecule has 0 bridgehead atoms. The van der Waals surface area contributed by atoms with E-state index in [4.69, 9.17) is 47.9 Å². The van der Waals surface area contributed by atoms with Crippen molar-refractivity contribution in [3.63, 3.8) is 0 Å². The van der Waals surface area contributed by atoms with Crippen molar-refractivity contribution in [2.45, 2.75) is 19.4 Å². The van der Waals surface area contributed by atoms with Gasteiger partial charge in [-0.25, -0.2) is 4.79 Å². The molecule has 0 aromatic heterocycles. The Kier molecular flexibility index (Phi) is 8.90. The SMILES string of the molecule is CCOc1cc(C2C(C#N)=C(N)Oc3cc(OC(=O)c4cc([N+](=O)[O-])ccc4Cl)ccc32)ccc1OCc1ccc(Cl)cc1. The number of nitriles is 1. The predicted octanol–water partition coefficient (Wildman–Crippen LogP) is 7.32. The zero-order valence-corrected chi connectivity index (χ0v) is 24.6. The van der Waals surface area contributed by atoms with E-state index in [1.807, 2.05) is 25.1 Å². The van der Waals surface area contributed by atoms with Crippen molar-refractivity contribution < 1.29 is 28.7 Å². The van der Waals surface area contributed by atoms with E-state index in [9.17, 15) is 20.2 Å². The molecule has 222 valence electrons. The fraction of sp³-hybridized carbons (Fsp3) is 0.125. The van der Waals surface area contributed by atoms with Crippen molar-refractivity contribution in [3.05, 3.63) is 133 Å². The Hall–Kier alpha value is -5.24. The number of ether oxygens (including phenoxy) is 4. The molecule has 0 saturated carbocycles. The first-order valence-corrected chi connectivity index (χ1v) is 14.0. The Morgan fingerprint density at radius 2 is 1.80 bits per heavy atom. The molecule has 0 spiro atoms. The van der Waals surface area contributed by atoms with Crippen LogP contribution in [0.5, 0.6) is 23.0 Å². The number of allylic oxidation sites excluding steroid dienone is 1. The van der Waals surface area contributed by atoms with Crippen LogP contribution < -0.4 is 24.7 Å². The van der Waals surface area contributed by atoms with Crippen molar-refractivity contribution in [3.8, 4) is 29.1 Å². The van der Waals surface area contributed by atoms with E-state index in [1.54, 1.807) is 30.3 Å². The molecule has 0 fully saturated rings. The number of halogens is 2. The molecule has 12 heteroatoms. The summed E-state index contributed by atoms with van der Waals surface area (Å²) < 4.78 is 23.1. The van der Waals surface area contributed by atoms with Gasteiger partial charge in [0.1, 0.15) is 29.7 Å². The number of nitro benzene ring substituents is 1. The van der Waals surface area contributed by atoms with Crippen LogP contribution in [-0.2, 0) is 6.61 Å². The Morgan fingerprint density at radius 1 is 1.02 bits per heavy atom. The lowest BCUT2D eigenvalue weighted by Crippen LogP contribution is -2.21. The van der Waals surface area contributed by atoms with E-state index < -0.39 is 16.8 Å². The first kappa shape index (κ1) is 30.2. The summed E-state index contributed by atoms with van der Waals surface area (Å²) in [5.41, 5.74) is 8.06. The topological polar surface area (TPSA) is 147 Å². The van der Waals surface area contributed by atoms with Crippen LogP contribution in [-0.4, -0.2) is 17.5 Å². The summed E-state index contributed by atoms with van der Waals surface area (Å²) in [6.45, 7) is 2.51. The molecule has 1 aliphatic rings. The van der Waals surface area contributed by atoms with Crippen molar-refractivity contribution in [2.75, 3.05) is 6.61 Å². The summed E-state index contributed by atoms with van der Waals surface area (Å²) in [5.74, 6) is -0.340. The lowest BCUT2D eigenvalue weighted by atomic mass is 9.83. The van der Waals surface area contributed by atoms with Crippen molar-refractivity contribution in [2.24, 2.45) is 5.73 Å². The number of carbonyl (C=O) groups excluding carboxylic acids is 1. The van der Waals surface area contributed by atoms with Crippen LogP contribution in [0.4, 0.5) is 5.69 Å². The molecule has 4 aromatic carbocycles. The summed E-state index contributed by atoms with van der Waals surface area (Å²) in [6.07, 6.45) is 0. The Balaban J connectivity index is 1.45. The van der Waals surface area contributed by atoms with E-state index in [1.165, 1.54) is 24.3 Å².